The fourth-order valence-corrected chi connectivity index (χ4v) is 1.63. The molecule has 0 aliphatic carbocycles. The Bertz CT molecular complexity index is 578. The van der Waals surface area contributed by atoms with Crippen LogP contribution in [0.3, 0.4) is 0 Å². The van der Waals surface area contributed by atoms with E-state index in [1.807, 2.05) is 12.1 Å². The molecular weight excluding hydrogens is 387 g/mol. The first kappa shape index (κ1) is 20.4. The second-order valence-electron chi connectivity index (χ2n) is 4.19. The second kappa shape index (κ2) is 11.0. The standard InChI is InChI=1S/C16H16N2O2.BrH.Mn/c19-15-7-3-1-5-13(15)11-17-9-10-18-12-14-6-2-4-8-16(14)20;;/h1-8,11-12,19-20H,9-10H2;1H;/q;;+2/p-1. The maximum atomic E-state index is 9.54. The summed E-state index contributed by atoms with van der Waals surface area (Å²) in [5.74, 6) is 0.433. The number of benzene rings is 2. The van der Waals surface area contributed by atoms with Gasteiger partial charge in [-0.2, -0.15) is 0 Å². The zero-order valence-corrected chi connectivity index (χ0v) is 14.5. The van der Waals surface area contributed by atoms with E-state index >= 15 is 0 Å². The van der Waals surface area contributed by atoms with Gasteiger partial charge < -0.3 is 27.2 Å². The molecule has 0 unspecified atom stereocenters. The Labute approximate surface area is 150 Å². The quantitative estimate of drug-likeness (QED) is 0.407. The van der Waals surface area contributed by atoms with Crippen LogP contribution < -0.4 is 17.0 Å². The Morgan fingerprint density at radius 1 is 0.727 bits per heavy atom. The molecule has 22 heavy (non-hydrogen) atoms. The van der Waals surface area contributed by atoms with Gasteiger partial charge in [-0.15, -0.1) is 0 Å². The van der Waals surface area contributed by atoms with Crippen molar-refractivity contribution < 1.29 is 44.3 Å². The molecule has 0 amide bonds. The van der Waals surface area contributed by atoms with Crippen molar-refractivity contribution in [3.05, 3.63) is 59.7 Å². The predicted molar refractivity (Wildman–Crippen MR) is 81.1 cm³/mol. The number of para-hydroxylation sites is 2. The molecule has 6 heteroatoms. The Morgan fingerprint density at radius 3 is 1.45 bits per heavy atom. The number of halogens is 1. The van der Waals surface area contributed by atoms with Crippen LogP contribution in [0.1, 0.15) is 11.1 Å². The monoisotopic (exact) mass is 402 g/mol. The van der Waals surface area contributed by atoms with Crippen LogP contribution in [0.2, 0.25) is 0 Å². The van der Waals surface area contributed by atoms with Crippen molar-refractivity contribution in [1.82, 2.24) is 0 Å². The molecule has 0 bridgehead atoms. The summed E-state index contributed by atoms with van der Waals surface area (Å²) in [5, 5.41) is 19.1. The summed E-state index contributed by atoms with van der Waals surface area (Å²) in [5.41, 5.74) is 1.38. The molecule has 1 radical (unpaired) electrons. The minimum absolute atomic E-state index is 0. The SMILES string of the molecule is Oc1ccccc1C=NCCN=Cc1ccccc1O.[Br-].[Mn+2]. The number of hydrogen-bond donors (Lipinski definition) is 2. The van der Waals surface area contributed by atoms with Gasteiger partial charge in [0, 0.05) is 23.6 Å². The maximum Gasteiger partial charge on any atom is 2.00 e. The molecule has 2 rings (SSSR count). The normalized spacial score (nSPS) is 10.4. The van der Waals surface area contributed by atoms with E-state index < -0.39 is 0 Å². The van der Waals surface area contributed by atoms with E-state index in [4.69, 9.17) is 0 Å². The van der Waals surface area contributed by atoms with E-state index in [9.17, 15) is 10.2 Å². The molecule has 0 aliphatic heterocycles. The van der Waals surface area contributed by atoms with Crippen molar-refractivity contribution in [2.24, 2.45) is 9.98 Å². The molecule has 2 aromatic rings. The fraction of sp³-hybridized carbons (Fsp3) is 0.125. The molecule has 0 heterocycles. The van der Waals surface area contributed by atoms with E-state index in [0.29, 0.717) is 24.2 Å². The van der Waals surface area contributed by atoms with Crippen LogP contribution in [-0.2, 0) is 17.1 Å². The van der Waals surface area contributed by atoms with E-state index in [1.54, 1.807) is 48.8 Å². The molecule has 0 saturated heterocycles. The van der Waals surface area contributed by atoms with Crippen molar-refractivity contribution in [3.63, 3.8) is 0 Å². The summed E-state index contributed by atoms with van der Waals surface area (Å²) >= 11 is 0. The number of hydrogen-bond acceptors (Lipinski definition) is 4. The molecule has 0 aromatic heterocycles. The summed E-state index contributed by atoms with van der Waals surface area (Å²) in [6, 6.07) is 14.1. The smallest absolute Gasteiger partial charge is 1.00 e. The number of nitrogens with zero attached hydrogens (tertiary/aromatic N) is 2. The summed E-state index contributed by atoms with van der Waals surface area (Å²) in [4.78, 5) is 8.39. The van der Waals surface area contributed by atoms with Gasteiger partial charge in [0.2, 0.25) is 0 Å². The molecule has 115 valence electrons. The van der Waals surface area contributed by atoms with Gasteiger partial charge in [0.05, 0.1) is 13.1 Å². The number of phenolic OH excluding ortho intramolecular Hbond substituents is 2. The Hall–Kier alpha value is -1.62. The summed E-state index contributed by atoms with van der Waals surface area (Å²) in [6.07, 6.45) is 3.26. The van der Waals surface area contributed by atoms with Crippen molar-refractivity contribution in [1.29, 1.82) is 0 Å². The maximum absolute atomic E-state index is 9.54. The van der Waals surface area contributed by atoms with Crippen LogP contribution in [0.25, 0.3) is 0 Å². The molecular formula is C16H16BrMnN2O2+. The first-order valence-corrected chi connectivity index (χ1v) is 6.33. The van der Waals surface area contributed by atoms with Crippen LogP contribution in [0.4, 0.5) is 0 Å². The third kappa shape index (κ3) is 6.43. The first-order chi connectivity index (χ1) is 9.77. The van der Waals surface area contributed by atoms with Gasteiger partial charge in [0.25, 0.3) is 0 Å². The van der Waals surface area contributed by atoms with Crippen LogP contribution in [0, 0.1) is 0 Å². The topological polar surface area (TPSA) is 65.2 Å². The largest absolute Gasteiger partial charge is 2.00 e. The molecule has 2 aromatic carbocycles. The molecule has 4 nitrogen and oxygen atoms in total. The molecule has 0 saturated carbocycles. The van der Waals surface area contributed by atoms with Crippen LogP contribution >= 0.6 is 0 Å². The first-order valence-electron chi connectivity index (χ1n) is 6.33. The average molecular weight is 403 g/mol. The van der Waals surface area contributed by atoms with Gasteiger partial charge >= 0.3 is 17.1 Å². The summed E-state index contributed by atoms with van der Waals surface area (Å²) in [6.45, 7) is 1.05. The second-order valence-corrected chi connectivity index (χ2v) is 4.19. The number of aromatic hydroxyl groups is 2. The van der Waals surface area contributed by atoms with Gasteiger partial charge in [0.15, 0.2) is 0 Å². The average Bonchev–Trinajstić information content (AvgIpc) is 2.46. The zero-order valence-electron chi connectivity index (χ0n) is 11.7. The third-order valence-electron chi connectivity index (χ3n) is 2.69. The third-order valence-corrected chi connectivity index (χ3v) is 2.69. The minimum atomic E-state index is 0. The van der Waals surface area contributed by atoms with Gasteiger partial charge in [-0.1, -0.05) is 24.3 Å². The van der Waals surface area contributed by atoms with Gasteiger partial charge in [0.1, 0.15) is 11.5 Å². The van der Waals surface area contributed by atoms with Crippen LogP contribution in [-0.4, -0.2) is 35.7 Å². The fourth-order valence-electron chi connectivity index (χ4n) is 1.63. The Kier molecular flexibility index (Phi) is 10.2. The summed E-state index contributed by atoms with van der Waals surface area (Å²) < 4.78 is 0. The van der Waals surface area contributed by atoms with E-state index in [2.05, 4.69) is 9.98 Å². The van der Waals surface area contributed by atoms with E-state index in [1.165, 1.54) is 0 Å². The van der Waals surface area contributed by atoms with Gasteiger partial charge in [-0.3, -0.25) is 9.98 Å². The molecule has 0 fully saturated rings. The molecule has 0 spiro atoms. The number of phenols is 2. The molecule has 2 N–H and O–H groups in total. The Balaban J connectivity index is 0.00000220. The van der Waals surface area contributed by atoms with Crippen molar-refractivity contribution >= 4 is 12.4 Å². The zero-order chi connectivity index (χ0) is 14.2. The molecule has 0 atom stereocenters. The van der Waals surface area contributed by atoms with Crippen molar-refractivity contribution in [2.75, 3.05) is 13.1 Å². The van der Waals surface area contributed by atoms with Crippen LogP contribution in [0.5, 0.6) is 11.5 Å². The van der Waals surface area contributed by atoms with Crippen LogP contribution in [0.15, 0.2) is 58.5 Å². The molecule has 0 aliphatic rings. The predicted octanol–water partition coefficient (Wildman–Crippen LogP) is -0.363. The van der Waals surface area contributed by atoms with Crippen molar-refractivity contribution in [2.45, 2.75) is 0 Å². The summed E-state index contributed by atoms with van der Waals surface area (Å²) in [7, 11) is 0. The number of rotatable bonds is 5. The number of aliphatic imine (C=N–C) groups is 2. The van der Waals surface area contributed by atoms with E-state index in [-0.39, 0.29) is 45.5 Å². The van der Waals surface area contributed by atoms with Gasteiger partial charge in [-0.05, 0) is 24.3 Å². The van der Waals surface area contributed by atoms with E-state index in [0.717, 1.165) is 0 Å². The van der Waals surface area contributed by atoms with Gasteiger partial charge in [-0.25, -0.2) is 0 Å². The minimum Gasteiger partial charge on any atom is -1.00 e. The van der Waals surface area contributed by atoms with Crippen molar-refractivity contribution in [3.8, 4) is 11.5 Å². The Morgan fingerprint density at radius 2 is 1.09 bits per heavy atom.